The van der Waals surface area contributed by atoms with E-state index in [1.807, 2.05) is 0 Å². The first-order chi connectivity index (χ1) is 8.58. The minimum Gasteiger partial charge on any atom is -0.480 e. The number of hydrogen-bond acceptors (Lipinski definition) is 7. The van der Waals surface area contributed by atoms with E-state index in [0.717, 1.165) is 7.11 Å². The largest absolute Gasteiger partial charge is 0.480 e. The zero-order valence-corrected chi connectivity index (χ0v) is 11.8. The molecule has 0 heterocycles. The van der Waals surface area contributed by atoms with E-state index in [9.17, 15) is 26.4 Å². The molecule has 1 saturated carbocycles. The monoisotopic (exact) mass is 314 g/mol. The fourth-order valence-electron chi connectivity index (χ4n) is 1.92. The van der Waals surface area contributed by atoms with Gasteiger partial charge >= 0.3 is 11.9 Å². The normalized spacial score (nSPS) is 18.4. The van der Waals surface area contributed by atoms with Crippen LogP contribution in [-0.2, 0) is 34.0 Å². The lowest BCUT2D eigenvalue weighted by Crippen LogP contribution is -2.55. The van der Waals surface area contributed by atoms with Gasteiger partial charge in [0.25, 0.3) is 0 Å². The van der Waals surface area contributed by atoms with Crippen LogP contribution in [0.3, 0.4) is 0 Å². The Kier molecular flexibility index (Phi) is 4.25. The van der Waals surface area contributed by atoms with Crippen LogP contribution in [0, 0.1) is 0 Å². The average molecular weight is 314 g/mol. The third-order valence-electron chi connectivity index (χ3n) is 3.10. The van der Waals surface area contributed by atoms with Gasteiger partial charge in [-0.1, -0.05) is 0 Å². The van der Waals surface area contributed by atoms with Crippen molar-refractivity contribution < 1.29 is 36.3 Å². The molecule has 1 rings (SSSR count). The fourth-order valence-corrected chi connectivity index (χ4v) is 6.92. The number of aliphatic carboxylic acids is 1. The SMILES string of the molecule is COC(=O)CS(=O)(=O)C1(S(=O)(=O)CC(=O)O)CCC1. The van der Waals surface area contributed by atoms with Gasteiger partial charge in [-0.25, -0.2) is 16.8 Å². The van der Waals surface area contributed by atoms with E-state index >= 15 is 0 Å². The highest BCUT2D eigenvalue weighted by atomic mass is 32.3. The number of methoxy groups -OCH3 is 1. The quantitative estimate of drug-likeness (QED) is 0.614. The summed E-state index contributed by atoms with van der Waals surface area (Å²) in [7, 11) is -7.73. The first-order valence-electron chi connectivity index (χ1n) is 5.31. The zero-order chi connectivity index (χ0) is 14.9. The van der Waals surface area contributed by atoms with E-state index in [4.69, 9.17) is 5.11 Å². The molecule has 0 radical (unpaired) electrons. The number of carbonyl (C=O) groups excluding carboxylic acids is 1. The Morgan fingerprint density at radius 2 is 1.58 bits per heavy atom. The van der Waals surface area contributed by atoms with Gasteiger partial charge in [0.15, 0.2) is 23.8 Å². The molecule has 110 valence electrons. The third kappa shape index (κ3) is 2.73. The summed E-state index contributed by atoms with van der Waals surface area (Å²) in [6, 6.07) is 0. The molecule has 10 heteroatoms. The van der Waals surface area contributed by atoms with Crippen molar-refractivity contribution in [2.45, 2.75) is 23.3 Å². The van der Waals surface area contributed by atoms with Crippen LogP contribution in [0.15, 0.2) is 0 Å². The molecule has 0 aromatic rings. The Morgan fingerprint density at radius 1 is 1.11 bits per heavy atom. The molecule has 0 aromatic heterocycles. The first kappa shape index (κ1) is 15.9. The predicted octanol–water partition coefficient (Wildman–Crippen LogP) is -1.05. The van der Waals surface area contributed by atoms with Gasteiger partial charge in [0.1, 0.15) is 11.5 Å². The van der Waals surface area contributed by atoms with Gasteiger partial charge in [-0.3, -0.25) is 9.59 Å². The van der Waals surface area contributed by atoms with Crippen LogP contribution >= 0.6 is 0 Å². The van der Waals surface area contributed by atoms with Crippen molar-refractivity contribution in [1.29, 1.82) is 0 Å². The van der Waals surface area contributed by atoms with Gasteiger partial charge in [0.05, 0.1) is 7.11 Å². The van der Waals surface area contributed by atoms with Crippen LogP contribution in [-0.4, -0.2) is 56.6 Å². The predicted molar refractivity (Wildman–Crippen MR) is 63.8 cm³/mol. The molecule has 0 saturated heterocycles. The topological polar surface area (TPSA) is 132 Å². The van der Waals surface area contributed by atoms with Gasteiger partial charge < -0.3 is 9.84 Å². The summed E-state index contributed by atoms with van der Waals surface area (Å²) in [6.45, 7) is 0. The maximum Gasteiger partial charge on any atom is 0.320 e. The lowest BCUT2D eigenvalue weighted by atomic mass is 9.99. The maximum absolute atomic E-state index is 12.1. The molecular formula is C9H14O8S2. The van der Waals surface area contributed by atoms with Crippen LogP contribution in [0.4, 0.5) is 0 Å². The summed E-state index contributed by atoms with van der Waals surface area (Å²) >= 11 is 0. The number of carboxylic acids is 1. The second-order valence-electron chi connectivity index (χ2n) is 4.25. The van der Waals surface area contributed by atoms with Crippen molar-refractivity contribution in [2.75, 3.05) is 18.6 Å². The van der Waals surface area contributed by atoms with E-state index in [-0.39, 0.29) is 12.8 Å². The number of sulfone groups is 2. The fraction of sp³-hybridized carbons (Fsp3) is 0.778. The van der Waals surface area contributed by atoms with Crippen LogP contribution in [0.5, 0.6) is 0 Å². The van der Waals surface area contributed by atoms with Gasteiger partial charge in [0.2, 0.25) is 0 Å². The maximum atomic E-state index is 12.1. The number of esters is 1. The van der Waals surface area contributed by atoms with Crippen molar-refractivity contribution in [1.82, 2.24) is 0 Å². The Bertz CT molecular complexity index is 582. The van der Waals surface area contributed by atoms with Crippen LogP contribution in [0.2, 0.25) is 0 Å². The first-order valence-corrected chi connectivity index (χ1v) is 8.62. The minimum absolute atomic E-state index is 0.193. The molecule has 1 N–H and O–H groups in total. The van der Waals surface area contributed by atoms with Crippen LogP contribution < -0.4 is 0 Å². The Hall–Kier alpha value is -1.16. The van der Waals surface area contributed by atoms with E-state index in [1.54, 1.807) is 0 Å². The summed E-state index contributed by atoms with van der Waals surface area (Å²) < 4.78 is 50.1. The molecule has 0 amide bonds. The van der Waals surface area contributed by atoms with E-state index in [2.05, 4.69) is 4.74 Å². The van der Waals surface area contributed by atoms with Crippen molar-refractivity contribution in [3.05, 3.63) is 0 Å². The van der Waals surface area contributed by atoms with Crippen molar-refractivity contribution in [3.8, 4) is 0 Å². The summed E-state index contributed by atoms with van der Waals surface area (Å²) in [5.41, 5.74) is 0. The van der Waals surface area contributed by atoms with E-state index < -0.39 is 47.2 Å². The lowest BCUT2D eigenvalue weighted by molar-refractivity contribution is -0.137. The lowest BCUT2D eigenvalue weighted by Gasteiger charge is -2.39. The highest BCUT2D eigenvalue weighted by Gasteiger charge is 2.59. The summed E-state index contributed by atoms with van der Waals surface area (Å²) in [6.07, 6.45) is -0.0386. The van der Waals surface area contributed by atoms with Crippen LogP contribution in [0.1, 0.15) is 19.3 Å². The number of carbonyl (C=O) groups is 2. The smallest absolute Gasteiger partial charge is 0.320 e. The highest BCUT2D eigenvalue weighted by Crippen LogP contribution is 2.44. The molecule has 1 aliphatic carbocycles. The number of rotatable bonds is 6. The van der Waals surface area contributed by atoms with Gasteiger partial charge in [0, 0.05) is 0 Å². The van der Waals surface area contributed by atoms with Gasteiger partial charge in [-0.2, -0.15) is 0 Å². The third-order valence-corrected chi connectivity index (χ3v) is 8.95. The zero-order valence-electron chi connectivity index (χ0n) is 10.2. The summed E-state index contributed by atoms with van der Waals surface area (Å²) in [5, 5.41) is 8.56. The van der Waals surface area contributed by atoms with E-state index in [1.165, 1.54) is 0 Å². The summed E-state index contributed by atoms with van der Waals surface area (Å²) in [4.78, 5) is 21.6. The molecule has 19 heavy (non-hydrogen) atoms. The average Bonchev–Trinajstić information content (AvgIpc) is 2.10. The standard InChI is InChI=1S/C9H14O8S2/c1-17-8(12)6-19(15,16)9(3-2-4-9)18(13,14)5-7(10)11/h2-6H2,1H3,(H,10,11). The highest BCUT2D eigenvalue weighted by molar-refractivity contribution is 8.11. The second kappa shape index (κ2) is 5.08. The van der Waals surface area contributed by atoms with Crippen molar-refractivity contribution in [3.63, 3.8) is 0 Å². The van der Waals surface area contributed by atoms with Gasteiger partial charge in [-0.15, -0.1) is 0 Å². The molecule has 0 unspecified atom stereocenters. The molecule has 0 atom stereocenters. The Labute approximate surface area is 110 Å². The Balaban J connectivity index is 3.18. The van der Waals surface area contributed by atoms with Crippen molar-refractivity contribution in [2.24, 2.45) is 0 Å². The number of carboxylic acid groups (broad SMARTS) is 1. The van der Waals surface area contributed by atoms with Crippen molar-refractivity contribution >= 4 is 31.6 Å². The molecule has 0 aromatic carbocycles. The second-order valence-corrected chi connectivity index (χ2v) is 9.11. The van der Waals surface area contributed by atoms with Crippen LogP contribution in [0.25, 0.3) is 0 Å². The van der Waals surface area contributed by atoms with Gasteiger partial charge in [-0.05, 0) is 19.3 Å². The molecule has 1 aliphatic rings. The molecule has 1 fully saturated rings. The minimum atomic E-state index is -4.39. The number of ether oxygens (including phenoxy) is 1. The Morgan fingerprint density at radius 3 is 1.89 bits per heavy atom. The van der Waals surface area contributed by atoms with E-state index in [0.29, 0.717) is 6.42 Å². The molecule has 0 spiro atoms. The molecule has 0 bridgehead atoms. The summed E-state index contributed by atoms with van der Waals surface area (Å²) in [5.74, 6) is -5.04. The molecule has 0 aliphatic heterocycles. The number of hydrogen-bond donors (Lipinski definition) is 1. The molecule has 8 nitrogen and oxygen atoms in total. The molecular weight excluding hydrogens is 300 g/mol.